The summed E-state index contributed by atoms with van der Waals surface area (Å²) in [4.78, 5) is 12.1. The van der Waals surface area contributed by atoms with Gasteiger partial charge in [0.15, 0.2) is 5.16 Å². The summed E-state index contributed by atoms with van der Waals surface area (Å²) in [7, 11) is 1.83. The van der Waals surface area contributed by atoms with Gasteiger partial charge in [0, 0.05) is 12.7 Å². The van der Waals surface area contributed by atoms with E-state index in [4.69, 9.17) is 5.26 Å². The van der Waals surface area contributed by atoms with E-state index in [0.29, 0.717) is 16.4 Å². The molecular formula is C13H13N5OS. The largest absolute Gasteiger partial charge is 0.325 e. The molecule has 0 fully saturated rings. The molecule has 0 saturated heterocycles. The van der Waals surface area contributed by atoms with Gasteiger partial charge in [0.2, 0.25) is 5.91 Å². The van der Waals surface area contributed by atoms with Crippen molar-refractivity contribution in [1.29, 1.82) is 5.26 Å². The van der Waals surface area contributed by atoms with Crippen LogP contribution >= 0.6 is 11.8 Å². The summed E-state index contributed by atoms with van der Waals surface area (Å²) < 4.78 is 1.76. The number of hydrogen-bond acceptors (Lipinski definition) is 5. The van der Waals surface area contributed by atoms with Crippen LogP contribution in [0.15, 0.2) is 35.7 Å². The molecule has 1 aromatic heterocycles. The number of rotatable bonds is 4. The molecule has 0 aliphatic rings. The second-order valence-electron chi connectivity index (χ2n) is 4.16. The minimum atomic E-state index is -0.298. The molecule has 0 spiro atoms. The number of benzene rings is 1. The van der Waals surface area contributed by atoms with Gasteiger partial charge >= 0.3 is 0 Å². The fraction of sp³-hybridized carbons (Fsp3) is 0.231. The van der Waals surface area contributed by atoms with E-state index in [2.05, 4.69) is 15.5 Å². The normalized spacial score (nSPS) is 11.7. The fourth-order valence-electron chi connectivity index (χ4n) is 1.46. The molecule has 0 aliphatic carbocycles. The Labute approximate surface area is 120 Å². The Morgan fingerprint density at radius 3 is 2.70 bits per heavy atom. The maximum absolute atomic E-state index is 12.1. The van der Waals surface area contributed by atoms with Crippen LogP contribution in [-0.4, -0.2) is 25.9 Å². The highest BCUT2D eigenvalue weighted by atomic mass is 32.2. The monoisotopic (exact) mass is 287 g/mol. The van der Waals surface area contributed by atoms with Gasteiger partial charge in [0.25, 0.3) is 0 Å². The third kappa shape index (κ3) is 3.36. The van der Waals surface area contributed by atoms with Crippen LogP contribution in [0.1, 0.15) is 12.5 Å². The molecular weight excluding hydrogens is 274 g/mol. The van der Waals surface area contributed by atoms with Gasteiger partial charge in [-0.15, -0.1) is 10.2 Å². The fourth-order valence-corrected chi connectivity index (χ4v) is 2.25. The van der Waals surface area contributed by atoms with Crippen molar-refractivity contribution in [2.75, 3.05) is 5.32 Å². The highest BCUT2D eigenvalue weighted by Gasteiger charge is 2.17. The number of carbonyl (C=O) groups excluding carboxylic acids is 1. The first-order chi connectivity index (χ1) is 9.60. The lowest BCUT2D eigenvalue weighted by Crippen LogP contribution is -2.22. The minimum absolute atomic E-state index is 0.122. The zero-order valence-electron chi connectivity index (χ0n) is 11.1. The van der Waals surface area contributed by atoms with Crippen molar-refractivity contribution in [2.45, 2.75) is 17.3 Å². The number of aromatic nitrogens is 3. The number of aryl methyl sites for hydroxylation is 1. The van der Waals surface area contributed by atoms with Crippen molar-refractivity contribution in [3.05, 3.63) is 36.2 Å². The van der Waals surface area contributed by atoms with Crippen molar-refractivity contribution < 1.29 is 4.79 Å². The number of hydrogen-bond donors (Lipinski definition) is 1. The first-order valence-electron chi connectivity index (χ1n) is 5.92. The number of carbonyl (C=O) groups is 1. The third-order valence-corrected chi connectivity index (χ3v) is 3.75. The van der Waals surface area contributed by atoms with Gasteiger partial charge in [-0.2, -0.15) is 5.26 Å². The summed E-state index contributed by atoms with van der Waals surface area (Å²) in [5, 5.41) is 19.6. The number of nitrogens with zero attached hydrogens (tertiary/aromatic N) is 4. The van der Waals surface area contributed by atoms with Crippen molar-refractivity contribution in [3.63, 3.8) is 0 Å². The predicted molar refractivity (Wildman–Crippen MR) is 76.1 cm³/mol. The van der Waals surface area contributed by atoms with Gasteiger partial charge in [-0.05, 0) is 31.2 Å². The average molecular weight is 287 g/mol. The summed E-state index contributed by atoms with van der Waals surface area (Å²) in [5.74, 6) is -0.122. The van der Waals surface area contributed by atoms with Crippen LogP contribution in [0.25, 0.3) is 0 Å². The van der Waals surface area contributed by atoms with Gasteiger partial charge in [0.05, 0.1) is 16.9 Å². The second kappa shape index (κ2) is 6.21. The number of nitriles is 1. The van der Waals surface area contributed by atoms with Crippen molar-refractivity contribution >= 4 is 23.4 Å². The van der Waals surface area contributed by atoms with Crippen molar-refractivity contribution in [1.82, 2.24) is 14.8 Å². The molecule has 7 heteroatoms. The lowest BCUT2D eigenvalue weighted by atomic mass is 10.2. The molecule has 0 bridgehead atoms. The van der Waals surface area contributed by atoms with E-state index in [-0.39, 0.29) is 11.2 Å². The van der Waals surface area contributed by atoms with Crippen LogP contribution < -0.4 is 5.32 Å². The van der Waals surface area contributed by atoms with Crippen LogP contribution in [-0.2, 0) is 11.8 Å². The highest BCUT2D eigenvalue weighted by molar-refractivity contribution is 8.00. The van der Waals surface area contributed by atoms with Crippen LogP contribution in [0.5, 0.6) is 0 Å². The number of nitrogens with one attached hydrogen (secondary N) is 1. The Hall–Kier alpha value is -2.33. The standard InChI is InChI=1S/C13H13N5OS/c1-9(20-13-17-15-8-18(13)2)12(19)16-11-5-3-10(7-14)4-6-11/h3-6,8-9H,1-2H3,(H,16,19). The molecule has 1 heterocycles. The quantitative estimate of drug-likeness (QED) is 0.867. The minimum Gasteiger partial charge on any atom is -0.325 e. The van der Waals surface area contributed by atoms with Gasteiger partial charge < -0.3 is 9.88 Å². The topological polar surface area (TPSA) is 83.6 Å². The first kappa shape index (κ1) is 14.1. The maximum Gasteiger partial charge on any atom is 0.237 e. The Morgan fingerprint density at radius 1 is 1.45 bits per heavy atom. The summed E-state index contributed by atoms with van der Waals surface area (Å²) in [6, 6.07) is 8.77. The highest BCUT2D eigenvalue weighted by Crippen LogP contribution is 2.21. The molecule has 0 radical (unpaired) electrons. The second-order valence-corrected chi connectivity index (χ2v) is 5.47. The van der Waals surface area contributed by atoms with E-state index in [0.717, 1.165) is 0 Å². The Morgan fingerprint density at radius 2 is 2.15 bits per heavy atom. The maximum atomic E-state index is 12.1. The molecule has 1 amide bonds. The number of thioether (sulfide) groups is 1. The summed E-state index contributed by atoms with van der Waals surface area (Å²) in [6.45, 7) is 1.80. The Bertz CT molecular complexity index is 644. The van der Waals surface area contributed by atoms with Crippen LogP contribution in [0.2, 0.25) is 0 Å². The molecule has 1 atom stereocenters. The van der Waals surface area contributed by atoms with Crippen LogP contribution in [0.3, 0.4) is 0 Å². The molecule has 1 unspecified atom stereocenters. The van der Waals surface area contributed by atoms with Crippen molar-refractivity contribution in [3.8, 4) is 6.07 Å². The molecule has 0 aliphatic heterocycles. The van der Waals surface area contributed by atoms with Crippen LogP contribution in [0, 0.1) is 11.3 Å². The van der Waals surface area contributed by atoms with E-state index in [1.165, 1.54) is 11.8 Å². The van der Waals surface area contributed by atoms with Gasteiger partial charge in [0.1, 0.15) is 6.33 Å². The first-order valence-corrected chi connectivity index (χ1v) is 6.80. The molecule has 2 rings (SSSR count). The summed E-state index contributed by atoms with van der Waals surface area (Å²) >= 11 is 1.34. The predicted octanol–water partition coefficient (Wildman–Crippen LogP) is 1.81. The van der Waals surface area contributed by atoms with E-state index in [1.54, 1.807) is 42.1 Å². The summed E-state index contributed by atoms with van der Waals surface area (Å²) in [6.07, 6.45) is 1.59. The third-order valence-electron chi connectivity index (χ3n) is 2.60. The molecule has 1 N–H and O–H groups in total. The van der Waals surface area contributed by atoms with E-state index >= 15 is 0 Å². The van der Waals surface area contributed by atoms with E-state index in [9.17, 15) is 4.79 Å². The number of amides is 1. The molecule has 20 heavy (non-hydrogen) atoms. The van der Waals surface area contributed by atoms with Crippen LogP contribution in [0.4, 0.5) is 5.69 Å². The Kier molecular flexibility index (Phi) is 4.38. The zero-order chi connectivity index (χ0) is 14.5. The van der Waals surface area contributed by atoms with Crippen molar-refractivity contribution in [2.24, 2.45) is 7.05 Å². The van der Waals surface area contributed by atoms with Gasteiger partial charge in [-0.1, -0.05) is 11.8 Å². The molecule has 0 saturated carbocycles. The zero-order valence-corrected chi connectivity index (χ0v) is 11.9. The summed E-state index contributed by atoms with van der Waals surface area (Å²) in [5.41, 5.74) is 1.23. The SMILES string of the molecule is CC(Sc1nncn1C)C(=O)Nc1ccc(C#N)cc1. The van der Waals surface area contributed by atoms with Gasteiger partial charge in [-0.25, -0.2) is 0 Å². The molecule has 6 nitrogen and oxygen atoms in total. The Balaban J connectivity index is 1.97. The molecule has 2 aromatic rings. The lowest BCUT2D eigenvalue weighted by molar-refractivity contribution is -0.115. The number of anilines is 1. The van der Waals surface area contributed by atoms with Gasteiger partial charge in [-0.3, -0.25) is 4.79 Å². The van der Waals surface area contributed by atoms with E-state index < -0.39 is 0 Å². The average Bonchev–Trinajstić information content (AvgIpc) is 2.85. The lowest BCUT2D eigenvalue weighted by Gasteiger charge is -2.11. The van der Waals surface area contributed by atoms with E-state index in [1.807, 2.05) is 13.1 Å². The molecule has 1 aromatic carbocycles. The smallest absolute Gasteiger partial charge is 0.237 e. The molecule has 102 valence electrons.